The lowest BCUT2D eigenvalue weighted by atomic mass is 10.2. The van der Waals surface area contributed by atoms with Gasteiger partial charge in [0.2, 0.25) is 0 Å². The summed E-state index contributed by atoms with van der Waals surface area (Å²) in [4.78, 5) is 0. The molecule has 1 heterocycles. The summed E-state index contributed by atoms with van der Waals surface area (Å²) >= 11 is 0. The number of aliphatic hydroxyl groups excluding tert-OH is 1. The summed E-state index contributed by atoms with van der Waals surface area (Å²) in [5, 5.41) is 9.17. The highest BCUT2D eigenvalue weighted by molar-refractivity contribution is 6.89. The van der Waals surface area contributed by atoms with Gasteiger partial charge in [-0.05, 0) is 77.3 Å². The van der Waals surface area contributed by atoms with E-state index in [9.17, 15) is 5.11 Å². The lowest BCUT2D eigenvalue weighted by Crippen LogP contribution is -2.58. The van der Waals surface area contributed by atoms with Crippen molar-refractivity contribution in [3.63, 3.8) is 0 Å². The molecule has 0 aliphatic carbocycles. The third kappa shape index (κ3) is 15.5. The molecule has 192 valence electrons. The largest absolute Gasteiger partial charge is 0.437 e. The molecular weight excluding hydrogens is 477 g/mol. The van der Waals surface area contributed by atoms with Crippen LogP contribution in [-0.2, 0) is 26.6 Å². The Balaban J connectivity index is 2.74. The number of ether oxygens (including phenoxy) is 3. The van der Waals surface area contributed by atoms with Crippen molar-refractivity contribution in [3.8, 4) is 0 Å². The molecule has 0 amide bonds. The minimum atomic E-state index is -2.45. The molecule has 1 saturated heterocycles. The number of aliphatic hydroxyl groups is 1. The van der Waals surface area contributed by atoms with Gasteiger partial charge in [-0.1, -0.05) is 6.92 Å². The summed E-state index contributed by atoms with van der Waals surface area (Å²) in [6.07, 6.45) is 2.13. The zero-order valence-corrected chi connectivity index (χ0v) is 26.1. The monoisotopic (exact) mass is 526 g/mol. The average Bonchev–Trinajstić information content (AvgIpc) is 3.41. The smallest absolute Gasteiger partial charge is 0.315 e. The molecule has 0 radical (unpaired) electrons. The highest BCUT2D eigenvalue weighted by atomic mass is 28.5. The fraction of sp³-hybridized carbons (Fsp3) is 1.00. The molecule has 1 rings (SSSR count). The molecule has 32 heavy (non-hydrogen) atoms. The molecule has 1 fully saturated rings. The summed E-state index contributed by atoms with van der Waals surface area (Å²) in [7, 11) is -8.46. The Morgan fingerprint density at radius 2 is 1.28 bits per heavy atom. The highest BCUT2D eigenvalue weighted by Gasteiger charge is 2.46. The van der Waals surface area contributed by atoms with Gasteiger partial charge in [0.15, 0.2) is 16.6 Å². The van der Waals surface area contributed by atoms with E-state index in [-0.39, 0.29) is 12.5 Å². The highest BCUT2D eigenvalue weighted by Crippen LogP contribution is 2.30. The Morgan fingerprint density at radius 1 is 0.812 bits per heavy atom. The maximum Gasteiger partial charge on any atom is 0.315 e. The van der Waals surface area contributed by atoms with Gasteiger partial charge >= 0.3 is 17.1 Å². The Hall–Kier alpha value is 0.588. The number of rotatable bonds is 19. The predicted molar refractivity (Wildman–Crippen MR) is 140 cm³/mol. The fourth-order valence-corrected chi connectivity index (χ4v) is 22.0. The number of hydrogen-bond donors (Lipinski definition) is 1. The van der Waals surface area contributed by atoms with Gasteiger partial charge in [0, 0.05) is 25.7 Å². The summed E-state index contributed by atoms with van der Waals surface area (Å²) in [5.41, 5.74) is 0. The van der Waals surface area contributed by atoms with Crippen molar-refractivity contribution in [3.05, 3.63) is 0 Å². The van der Waals surface area contributed by atoms with Crippen LogP contribution in [0, 0.1) is 5.92 Å². The standard InChI is InChI=1S/C21H50O7Si4/c1-20(16-22)17-23-12-10-14-31(8,26-29(2,3)4)28-32(9,27-30(5,6)7)15-11-13-24-18-21-19-25-21/h20-22H,10-19H2,1-9H3/t20-,21?,31?,32?/m1/s1. The van der Waals surface area contributed by atoms with Crippen LogP contribution in [0.2, 0.25) is 64.5 Å². The van der Waals surface area contributed by atoms with Crippen LogP contribution in [-0.4, -0.2) is 84.6 Å². The topological polar surface area (TPSA) is 78.9 Å². The van der Waals surface area contributed by atoms with Crippen molar-refractivity contribution in [2.75, 3.05) is 39.6 Å². The molecule has 0 aromatic rings. The Morgan fingerprint density at radius 3 is 1.69 bits per heavy atom. The van der Waals surface area contributed by atoms with E-state index in [1.807, 2.05) is 6.92 Å². The molecule has 7 nitrogen and oxygen atoms in total. The van der Waals surface area contributed by atoms with E-state index in [0.717, 1.165) is 31.5 Å². The Bertz CT molecular complexity index is 525. The molecular formula is C21H50O7Si4. The van der Waals surface area contributed by atoms with Crippen molar-refractivity contribution in [2.24, 2.45) is 5.92 Å². The maximum absolute atomic E-state index is 9.17. The van der Waals surface area contributed by atoms with E-state index < -0.39 is 33.8 Å². The molecule has 1 N–H and O–H groups in total. The van der Waals surface area contributed by atoms with Crippen LogP contribution < -0.4 is 0 Å². The van der Waals surface area contributed by atoms with Gasteiger partial charge in [0.1, 0.15) is 6.10 Å². The van der Waals surface area contributed by atoms with E-state index >= 15 is 0 Å². The first-order valence-corrected chi connectivity index (χ1v) is 24.0. The van der Waals surface area contributed by atoms with E-state index in [0.29, 0.717) is 32.5 Å². The quantitative estimate of drug-likeness (QED) is 0.149. The van der Waals surface area contributed by atoms with Crippen LogP contribution >= 0.6 is 0 Å². The molecule has 0 spiro atoms. The van der Waals surface area contributed by atoms with Crippen LogP contribution in [0.5, 0.6) is 0 Å². The molecule has 0 saturated carbocycles. The number of epoxide rings is 1. The van der Waals surface area contributed by atoms with Crippen molar-refractivity contribution >= 4 is 33.8 Å². The fourth-order valence-electron chi connectivity index (χ4n) is 3.70. The molecule has 4 atom stereocenters. The average molecular weight is 527 g/mol. The van der Waals surface area contributed by atoms with Crippen molar-refractivity contribution < 1.29 is 31.7 Å². The van der Waals surface area contributed by atoms with E-state index in [2.05, 4.69) is 52.4 Å². The van der Waals surface area contributed by atoms with Crippen LogP contribution in [0.25, 0.3) is 0 Å². The second-order valence-corrected chi connectivity index (χ2v) is 27.8. The normalized spacial score (nSPS) is 21.8. The summed E-state index contributed by atoms with van der Waals surface area (Å²) < 4.78 is 37.2. The van der Waals surface area contributed by atoms with Gasteiger partial charge in [0.25, 0.3) is 0 Å². The molecule has 0 bridgehead atoms. The summed E-state index contributed by atoms with van der Waals surface area (Å²) in [5.74, 6) is 0.169. The molecule has 1 aliphatic heterocycles. The molecule has 0 aromatic heterocycles. The van der Waals surface area contributed by atoms with Gasteiger partial charge in [-0.15, -0.1) is 0 Å². The first-order chi connectivity index (χ1) is 14.7. The van der Waals surface area contributed by atoms with E-state index in [1.54, 1.807) is 0 Å². The van der Waals surface area contributed by atoms with Gasteiger partial charge in [-0.2, -0.15) is 0 Å². The van der Waals surface area contributed by atoms with E-state index in [1.165, 1.54) is 0 Å². The SMILES string of the molecule is C[C@H](CO)COCCC[Si](C)(O[Si](C)(C)C)O[Si](C)(CCCOCC1CO1)O[Si](C)(C)C. The Labute approximate surface area is 201 Å². The molecule has 0 aromatic carbocycles. The van der Waals surface area contributed by atoms with Gasteiger partial charge in [-0.25, -0.2) is 0 Å². The van der Waals surface area contributed by atoms with Crippen LogP contribution in [0.15, 0.2) is 0 Å². The first-order valence-electron chi connectivity index (χ1n) is 12.1. The third-order valence-electron chi connectivity index (χ3n) is 4.74. The van der Waals surface area contributed by atoms with Gasteiger partial charge in [0.05, 0.1) is 19.8 Å². The van der Waals surface area contributed by atoms with Crippen molar-refractivity contribution in [1.29, 1.82) is 0 Å². The lowest BCUT2D eigenvalue weighted by Gasteiger charge is -2.43. The van der Waals surface area contributed by atoms with Crippen molar-refractivity contribution in [2.45, 2.75) is 90.3 Å². The molecule has 1 aliphatic rings. The predicted octanol–water partition coefficient (Wildman–Crippen LogP) is 4.69. The van der Waals surface area contributed by atoms with Gasteiger partial charge < -0.3 is 31.7 Å². The third-order valence-corrected chi connectivity index (χ3v) is 19.1. The minimum absolute atomic E-state index is 0.156. The number of hydrogen-bond acceptors (Lipinski definition) is 7. The van der Waals surface area contributed by atoms with Crippen LogP contribution in [0.4, 0.5) is 0 Å². The first kappa shape index (κ1) is 30.6. The zero-order chi connectivity index (χ0) is 24.5. The Kier molecular flexibility index (Phi) is 13.0. The summed E-state index contributed by atoms with van der Waals surface area (Å²) in [6.45, 7) is 23.4. The molecule has 3 unspecified atom stereocenters. The second kappa shape index (κ2) is 13.6. The molecule has 11 heteroatoms. The van der Waals surface area contributed by atoms with Crippen LogP contribution in [0.1, 0.15) is 19.8 Å². The minimum Gasteiger partial charge on any atom is -0.437 e. The maximum atomic E-state index is 9.17. The zero-order valence-electron chi connectivity index (χ0n) is 22.1. The van der Waals surface area contributed by atoms with Crippen LogP contribution in [0.3, 0.4) is 0 Å². The summed E-state index contributed by atoms with van der Waals surface area (Å²) in [6, 6.07) is 1.79. The van der Waals surface area contributed by atoms with E-state index in [4.69, 9.17) is 26.6 Å². The van der Waals surface area contributed by atoms with Crippen molar-refractivity contribution in [1.82, 2.24) is 0 Å². The second-order valence-electron chi connectivity index (χ2n) is 11.4. The lowest BCUT2D eigenvalue weighted by molar-refractivity contribution is 0.0795. The van der Waals surface area contributed by atoms with Gasteiger partial charge in [-0.3, -0.25) is 0 Å².